The topological polar surface area (TPSA) is 64.4 Å². The van der Waals surface area contributed by atoms with Gasteiger partial charge in [-0.25, -0.2) is 4.39 Å². The Morgan fingerprint density at radius 1 is 1.44 bits per heavy atom. The number of hydrogen-bond donors (Lipinski definition) is 2. The van der Waals surface area contributed by atoms with Crippen LogP contribution in [-0.2, 0) is 4.79 Å². The molecule has 100 valence electrons. The molecular formula is C13H19FN2O2. The highest BCUT2D eigenvalue weighted by Crippen LogP contribution is 2.12. The van der Waals surface area contributed by atoms with E-state index >= 15 is 0 Å². The molecule has 0 aliphatic rings. The largest absolute Gasteiger partial charge is 0.489 e. The maximum Gasteiger partial charge on any atom is 0.239 e. The van der Waals surface area contributed by atoms with E-state index in [2.05, 4.69) is 5.32 Å². The first-order valence-electron chi connectivity index (χ1n) is 5.78. The van der Waals surface area contributed by atoms with E-state index in [1.165, 1.54) is 12.1 Å². The molecule has 1 atom stereocenters. The van der Waals surface area contributed by atoms with Crippen LogP contribution in [0.1, 0.15) is 20.8 Å². The summed E-state index contributed by atoms with van der Waals surface area (Å²) in [5.41, 5.74) is 4.73. The van der Waals surface area contributed by atoms with Crippen molar-refractivity contribution in [1.82, 2.24) is 5.32 Å². The molecule has 1 amide bonds. The lowest BCUT2D eigenvalue weighted by Crippen LogP contribution is -2.50. The summed E-state index contributed by atoms with van der Waals surface area (Å²) in [6.45, 7) is 5.42. The van der Waals surface area contributed by atoms with E-state index in [1.54, 1.807) is 26.0 Å². The zero-order chi connectivity index (χ0) is 13.8. The number of carbonyl (C=O) groups is 1. The van der Waals surface area contributed by atoms with Gasteiger partial charge < -0.3 is 15.8 Å². The molecule has 0 fully saturated rings. The Labute approximate surface area is 106 Å². The Morgan fingerprint density at radius 2 is 2.00 bits per heavy atom. The third-order valence-corrected chi connectivity index (χ3v) is 2.29. The molecule has 1 rings (SSSR count). The molecular weight excluding hydrogens is 235 g/mol. The maximum atomic E-state index is 12.7. The van der Waals surface area contributed by atoms with Gasteiger partial charge in [-0.15, -0.1) is 0 Å². The van der Waals surface area contributed by atoms with Crippen molar-refractivity contribution in [3.05, 3.63) is 30.1 Å². The third-order valence-electron chi connectivity index (χ3n) is 2.29. The lowest BCUT2D eigenvalue weighted by atomic mass is 10.1. The average Bonchev–Trinajstić information content (AvgIpc) is 2.28. The minimum absolute atomic E-state index is 0.221. The molecule has 0 heterocycles. The highest BCUT2D eigenvalue weighted by atomic mass is 19.1. The molecule has 5 heteroatoms. The van der Waals surface area contributed by atoms with E-state index in [0.29, 0.717) is 12.3 Å². The normalized spacial score (nSPS) is 12.9. The predicted molar refractivity (Wildman–Crippen MR) is 67.8 cm³/mol. The van der Waals surface area contributed by atoms with Crippen molar-refractivity contribution in [2.45, 2.75) is 32.4 Å². The standard InChI is InChI=1S/C13H19FN2O2/c1-9(8-16-12(17)13(2,3)15)18-11-6-4-10(14)5-7-11/h4-7,9H,8,15H2,1-3H3,(H,16,17). The van der Waals surface area contributed by atoms with E-state index in [4.69, 9.17) is 10.5 Å². The molecule has 0 aliphatic carbocycles. The first kappa shape index (κ1) is 14.4. The molecule has 1 unspecified atom stereocenters. The fourth-order valence-corrected chi connectivity index (χ4v) is 1.25. The average molecular weight is 254 g/mol. The molecule has 0 bridgehead atoms. The minimum atomic E-state index is -0.907. The Hall–Kier alpha value is -1.62. The zero-order valence-electron chi connectivity index (χ0n) is 10.9. The number of nitrogens with one attached hydrogen (secondary N) is 1. The zero-order valence-corrected chi connectivity index (χ0v) is 10.9. The van der Waals surface area contributed by atoms with Crippen molar-refractivity contribution in [2.24, 2.45) is 5.73 Å². The van der Waals surface area contributed by atoms with Gasteiger partial charge in [0.1, 0.15) is 17.7 Å². The Bertz CT molecular complexity index is 398. The SMILES string of the molecule is CC(CNC(=O)C(C)(C)N)Oc1ccc(F)cc1. The van der Waals surface area contributed by atoms with E-state index < -0.39 is 5.54 Å². The number of halogens is 1. The molecule has 0 radical (unpaired) electrons. The molecule has 0 saturated carbocycles. The molecule has 3 N–H and O–H groups in total. The summed E-state index contributed by atoms with van der Waals surface area (Å²) in [5.74, 6) is 0.00963. The van der Waals surface area contributed by atoms with Gasteiger partial charge in [0.05, 0.1) is 12.1 Å². The van der Waals surface area contributed by atoms with Gasteiger partial charge >= 0.3 is 0 Å². The number of amides is 1. The predicted octanol–water partition coefficient (Wildman–Crippen LogP) is 1.45. The smallest absolute Gasteiger partial charge is 0.239 e. The van der Waals surface area contributed by atoms with Crippen molar-refractivity contribution in [3.63, 3.8) is 0 Å². The quantitative estimate of drug-likeness (QED) is 0.835. The number of ether oxygens (including phenoxy) is 1. The second-order valence-corrected chi connectivity index (χ2v) is 4.81. The fourth-order valence-electron chi connectivity index (χ4n) is 1.25. The van der Waals surface area contributed by atoms with Crippen LogP contribution in [0, 0.1) is 5.82 Å². The summed E-state index contributed by atoms with van der Waals surface area (Å²) in [6.07, 6.45) is -0.221. The molecule has 1 aromatic carbocycles. The molecule has 0 saturated heterocycles. The van der Waals surface area contributed by atoms with E-state index in [0.717, 1.165) is 0 Å². The number of carbonyl (C=O) groups excluding carboxylic acids is 1. The van der Waals surface area contributed by atoms with Gasteiger partial charge in [0.2, 0.25) is 5.91 Å². The maximum absolute atomic E-state index is 12.7. The summed E-state index contributed by atoms with van der Waals surface area (Å²) < 4.78 is 18.2. The van der Waals surface area contributed by atoms with Crippen LogP contribution < -0.4 is 15.8 Å². The Morgan fingerprint density at radius 3 is 2.50 bits per heavy atom. The minimum Gasteiger partial charge on any atom is -0.489 e. The first-order valence-corrected chi connectivity index (χ1v) is 5.78. The summed E-state index contributed by atoms with van der Waals surface area (Å²) >= 11 is 0. The lowest BCUT2D eigenvalue weighted by molar-refractivity contribution is -0.125. The molecule has 0 spiro atoms. The van der Waals surface area contributed by atoms with Gasteiger partial charge in [0, 0.05) is 0 Å². The van der Waals surface area contributed by atoms with Crippen molar-refractivity contribution in [2.75, 3.05) is 6.54 Å². The summed E-state index contributed by atoms with van der Waals surface area (Å²) in [7, 11) is 0. The van der Waals surface area contributed by atoms with Crippen molar-refractivity contribution < 1.29 is 13.9 Å². The van der Waals surface area contributed by atoms with E-state index in [-0.39, 0.29) is 17.8 Å². The molecule has 18 heavy (non-hydrogen) atoms. The monoisotopic (exact) mass is 254 g/mol. The van der Waals surface area contributed by atoms with Gasteiger partial charge in [0.15, 0.2) is 0 Å². The van der Waals surface area contributed by atoms with Gasteiger partial charge in [-0.05, 0) is 45.0 Å². The van der Waals surface area contributed by atoms with Crippen molar-refractivity contribution in [3.8, 4) is 5.75 Å². The second kappa shape index (κ2) is 5.82. The lowest BCUT2D eigenvalue weighted by Gasteiger charge is -2.20. The van der Waals surface area contributed by atoms with Crippen LogP contribution in [0.25, 0.3) is 0 Å². The highest BCUT2D eigenvalue weighted by molar-refractivity contribution is 5.85. The fraction of sp³-hybridized carbons (Fsp3) is 0.462. The molecule has 0 aromatic heterocycles. The van der Waals surface area contributed by atoms with E-state index in [9.17, 15) is 9.18 Å². The van der Waals surface area contributed by atoms with Crippen LogP contribution in [0.4, 0.5) is 4.39 Å². The van der Waals surface area contributed by atoms with Gasteiger partial charge in [0.25, 0.3) is 0 Å². The van der Waals surface area contributed by atoms with Crippen LogP contribution in [-0.4, -0.2) is 24.1 Å². The Kier molecular flexibility index (Phi) is 4.67. The third kappa shape index (κ3) is 4.71. The number of rotatable bonds is 5. The van der Waals surface area contributed by atoms with Crippen LogP contribution in [0.3, 0.4) is 0 Å². The van der Waals surface area contributed by atoms with Gasteiger partial charge in [-0.3, -0.25) is 4.79 Å². The van der Waals surface area contributed by atoms with Crippen LogP contribution in [0.2, 0.25) is 0 Å². The summed E-state index contributed by atoms with van der Waals surface area (Å²) in [4.78, 5) is 11.5. The summed E-state index contributed by atoms with van der Waals surface area (Å²) in [5, 5.41) is 2.69. The number of nitrogens with two attached hydrogens (primary N) is 1. The van der Waals surface area contributed by atoms with Crippen molar-refractivity contribution >= 4 is 5.91 Å². The highest BCUT2D eigenvalue weighted by Gasteiger charge is 2.21. The molecule has 0 aliphatic heterocycles. The molecule has 1 aromatic rings. The van der Waals surface area contributed by atoms with Crippen molar-refractivity contribution in [1.29, 1.82) is 0 Å². The number of hydrogen-bond acceptors (Lipinski definition) is 3. The van der Waals surface area contributed by atoms with E-state index in [1.807, 2.05) is 6.92 Å². The van der Waals surface area contributed by atoms with Crippen LogP contribution >= 0.6 is 0 Å². The summed E-state index contributed by atoms with van der Waals surface area (Å²) in [6, 6.07) is 5.73. The van der Waals surface area contributed by atoms with Crippen LogP contribution in [0.5, 0.6) is 5.75 Å². The van der Waals surface area contributed by atoms with Gasteiger partial charge in [-0.1, -0.05) is 0 Å². The number of benzene rings is 1. The first-order chi connectivity index (χ1) is 8.29. The Balaban J connectivity index is 2.40. The van der Waals surface area contributed by atoms with Crippen LogP contribution in [0.15, 0.2) is 24.3 Å². The molecule has 4 nitrogen and oxygen atoms in total. The van der Waals surface area contributed by atoms with Gasteiger partial charge in [-0.2, -0.15) is 0 Å². The second-order valence-electron chi connectivity index (χ2n) is 4.81.